The summed E-state index contributed by atoms with van der Waals surface area (Å²) >= 11 is 0. The standard InChI is InChI=1S/C13H19NO4/c1-4-11-10(6-7-18-11)12(15)14(5-2)8-9(3)13(16)17/h6-7,9H,4-5,8H2,1-3H3,(H,16,17). The maximum Gasteiger partial charge on any atom is 0.308 e. The van der Waals surface area contributed by atoms with Crippen LogP contribution in [0.4, 0.5) is 0 Å². The Labute approximate surface area is 106 Å². The van der Waals surface area contributed by atoms with Gasteiger partial charge in [0.15, 0.2) is 0 Å². The highest BCUT2D eigenvalue weighted by atomic mass is 16.4. The summed E-state index contributed by atoms with van der Waals surface area (Å²) in [6.45, 7) is 6.02. The van der Waals surface area contributed by atoms with Crippen LogP contribution in [-0.4, -0.2) is 35.0 Å². The predicted octanol–water partition coefficient (Wildman–Crippen LogP) is 2.02. The first-order valence-electron chi connectivity index (χ1n) is 6.09. The van der Waals surface area contributed by atoms with Gasteiger partial charge in [0.2, 0.25) is 0 Å². The van der Waals surface area contributed by atoms with Gasteiger partial charge in [-0.3, -0.25) is 9.59 Å². The zero-order valence-corrected chi connectivity index (χ0v) is 11.0. The Morgan fingerprint density at radius 2 is 2.11 bits per heavy atom. The van der Waals surface area contributed by atoms with E-state index >= 15 is 0 Å². The van der Waals surface area contributed by atoms with Crippen molar-refractivity contribution >= 4 is 11.9 Å². The van der Waals surface area contributed by atoms with Crippen LogP contribution >= 0.6 is 0 Å². The molecule has 0 fully saturated rings. The number of carboxylic acids is 1. The van der Waals surface area contributed by atoms with Gasteiger partial charge in [0.05, 0.1) is 17.7 Å². The topological polar surface area (TPSA) is 70.8 Å². The summed E-state index contributed by atoms with van der Waals surface area (Å²) in [5, 5.41) is 8.88. The van der Waals surface area contributed by atoms with Gasteiger partial charge in [-0.1, -0.05) is 13.8 Å². The fraction of sp³-hybridized carbons (Fsp3) is 0.538. The maximum absolute atomic E-state index is 12.2. The number of carbonyl (C=O) groups is 2. The van der Waals surface area contributed by atoms with Crippen LogP contribution in [0, 0.1) is 5.92 Å². The van der Waals surface area contributed by atoms with E-state index in [0.717, 1.165) is 0 Å². The first kappa shape index (κ1) is 14.3. The molecule has 1 rings (SSSR count). The van der Waals surface area contributed by atoms with Gasteiger partial charge in [-0.15, -0.1) is 0 Å². The summed E-state index contributed by atoms with van der Waals surface area (Å²) in [6, 6.07) is 1.63. The van der Waals surface area contributed by atoms with Crippen molar-refractivity contribution in [2.45, 2.75) is 27.2 Å². The molecule has 5 nitrogen and oxygen atoms in total. The van der Waals surface area contributed by atoms with Gasteiger partial charge >= 0.3 is 5.97 Å². The molecule has 5 heteroatoms. The molecule has 100 valence electrons. The largest absolute Gasteiger partial charge is 0.481 e. The molecule has 0 spiro atoms. The smallest absolute Gasteiger partial charge is 0.308 e. The zero-order valence-electron chi connectivity index (χ0n) is 11.0. The van der Waals surface area contributed by atoms with Crippen molar-refractivity contribution in [2.75, 3.05) is 13.1 Å². The van der Waals surface area contributed by atoms with Crippen LogP contribution < -0.4 is 0 Å². The second-order valence-electron chi connectivity index (χ2n) is 4.19. The number of aliphatic carboxylic acids is 1. The minimum atomic E-state index is -0.899. The molecule has 0 saturated heterocycles. The van der Waals surface area contributed by atoms with E-state index in [9.17, 15) is 9.59 Å². The van der Waals surface area contributed by atoms with Crippen molar-refractivity contribution in [1.29, 1.82) is 0 Å². The minimum absolute atomic E-state index is 0.170. The highest BCUT2D eigenvalue weighted by molar-refractivity contribution is 5.95. The monoisotopic (exact) mass is 253 g/mol. The number of carboxylic acid groups (broad SMARTS) is 1. The van der Waals surface area contributed by atoms with Crippen LogP contribution in [0.15, 0.2) is 16.7 Å². The molecule has 0 aliphatic carbocycles. The van der Waals surface area contributed by atoms with Gasteiger partial charge in [0.25, 0.3) is 5.91 Å². The molecule has 0 bridgehead atoms. The average Bonchev–Trinajstić information content (AvgIpc) is 2.82. The lowest BCUT2D eigenvalue weighted by molar-refractivity contribution is -0.141. The van der Waals surface area contributed by atoms with Crippen LogP contribution in [-0.2, 0) is 11.2 Å². The molecular formula is C13H19NO4. The highest BCUT2D eigenvalue weighted by Gasteiger charge is 2.23. The Balaban J connectivity index is 2.83. The summed E-state index contributed by atoms with van der Waals surface area (Å²) in [5.74, 6) is -1.01. The Morgan fingerprint density at radius 3 is 2.61 bits per heavy atom. The molecule has 0 saturated carbocycles. The number of hydrogen-bond acceptors (Lipinski definition) is 3. The zero-order chi connectivity index (χ0) is 13.7. The lowest BCUT2D eigenvalue weighted by atomic mass is 10.1. The molecule has 0 radical (unpaired) electrons. The number of amides is 1. The Hall–Kier alpha value is -1.78. The number of nitrogens with zero attached hydrogens (tertiary/aromatic N) is 1. The van der Waals surface area contributed by atoms with E-state index in [2.05, 4.69) is 0 Å². The molecular weight excluding hydrogens is 234 g/mol. The fourth-order valence-electron chi connectivity index (χ4n) is 1.74. The molecule has 1 amide bonds. The Kier molecular flexibility index (Phi) is 4.95. The quantitative estimate of drug-likeness (QED) is 0.842. The van der Waals surface area contributed by atoms with Crippen molar-refractivity contribution < 1.29 is 19.1 Å². The minimum Gasteiger partial charge on any atom is -0.481 e. The third-order valence-electron chi connectivity index (χ3n) is 2.88. The van der Waals surface area contributed by atoms with E-state index in [1.54, 1.807) is 13.0 Å². The number of carbonyl (C=O) groups excluding carboxylic acids is 1. The molecule has 1 aromatic rings. The van der Waals surface area contributed by atoms with E-state index in [-0.39, 0.29) is 12.5 Å². The van der Waals surface area contributed by atoms with Crippen LogP contribution in [0.3, 0.4) is 0 Å². The van der Waals surface area contributed by atoms with E-state index in [0.29, 0.717) is 24.3 Å². The van der Waals surface area contributed by atoms with Crippen LogP contribution in [0.5, 0.6) is 0 Å². The van der Waals surface area contributed by atoms with Crippen molar-refractivity contribution in [3.63, 3.8) is 0 Å². The van der Waals surface area contributed by atoms with Crippen molar-refractivity contribution in [1.82, 2.24) is 4.90 Å². The van der Waals surface area contributed by atoms with Crippen molar-refractivity contribution in [2.24, 2.45) is 5.92 Å². The van der Waals surface area contributed by atoms with Crippen LogP contribution in [0.2, 0.25) is 0 Å². The number of hydrogen-bond donors (Lipinski definition) is 1. The second kappa shape index (κ2) is 6.23. The van der Waals surface area contributed by atoms with Gasteiger partial charge in [0.1, 0.15) is 5.76 Å². The summed E-state index contributed by atoms with van der Waals surface area (Å²) < 4.78 is 5.22. The first-order chi connectivity index (χ1) is 8.51. The molecule has 0 aliphatic heterocycles. The number of aryl methyl sites for hydroxylation is 1. The predicted molar refractivity (Wildman–Crippen MR) is 66.5 cm³/mol. The first-order valence-corrected chi connectivity index (χ1v) is 6.09. The maximum atomic E-state index is 12.2. The molecule has 1 heterocycles. The fourth-order valence-corrected chi connectivity index (χ4v) is 1.74. The molecule has 1 atom stereocenters. The van der Waals surface area contributed by atoms with Gasteiger partial charge in [-0.25, -0.2) is 0 Å². The molecule has 1 N–H and O–H groups in total. The van der Waals surface area contributed by atoms with Crippen molar-refractivity contribution in [3.8, 4) is 0 Å². The lowest BCUT2D eigenvalue weighted by Crippen LogP contribution is -2.37. The highest BCUT2D eigenvalue weighted by Crippen LogP contribution is 2.15. The molecule has 0 aliphatic rings. The second-order valence-corrected chi connectivity index (χ2v) is 4.19. The van der Waals surface area contributed by atoms with E-state index in [1.165, 1.54) is 11.2 Å². The van der Waals surface area contributed by atoms with Crippen molar-refractivity contribution in [3.05, 3.63) is 23.7 Å². The van der Waals surface area contributed by atoms with Gasteiger partial charge < -0.3 is 14.4 Å². The molecule has 18 heavy (non-hydrogen) atoms. The number of furan rings is 1. The third-order valence-corrected chi connectivity index (χ3v) is 2.88. The summed E-state index contributed by atoms with van der Waals surface area (Å²) in [4.78, 5) is 24.6. The van der Waals surface area contributed by atoms with E-state index < -0.39 is 11.9 Å². The number of rotatable bonds is 6. The molecule has 1 aromatic heterocycles. The van der Waals surface area contributed by atoms with Crippen LogP contribution in [0.1, 0.15) is 36.9 Å². The molecule has 1 unspecified atom stereocenters. The summed E-state index contributed by atoms with van der Waals surface area (Å²) in [6.07, 6.45) is 2.13. The summed E-state index contributed by atoms with van der Waals surface area (Å²) in [7, 11) is 0. The Bertz CT molecular complexity index is 424. The summed E-state index contributed by atoms with van der Waals surface area (Å²) in [5.41, 5.74) is 0.525. The van der Waals surface area contributed by atoms with Crippen LogP contribution in [0.25, 0.3) is 0 Å². The lowest BCUT2D eigenvalue weighted by Gasteiger charge is -2.22. The SMILES string of the molecule is CCc1occc1C(=O)N(CC)CC(C)C(=O)O. The molecule has 0 aromatic carbocycles. The van der Waals surface area contributed by atoms with E-state index in [1.807, 2.05) is 13.8 Å². The Morgan fingerprint density at radius 1 is 1.44 bits per heavy atom. The van der Waals surface area contributed by atoms with E-state index in [4.69, 9.17) is 9.52 Å². The van der Waals surface area contributed by atoms with Gasteiger partial charge in [-0.2, -0.15) is 0 Å². The van der Waals surface area contributed by atoms with Gasteiger partial charge in [-0.05, 0) is 13.0 Å². The normalized spacial score (nSPS) is 12.2. The van der Waals surface area contributed by atoms with Gasteiger partial charge in [0, 0.05) is 19.5 Å². The third kappa shape index (κ3) is 3.12. The average molecular weight is 253 g/mol.